The van der Waals surface area contributed by atoms with E-state index in [9.17, 15) is 13.2 Å². The van der Waals surface area contributed by atoms with Gasteiger partial charge in [-0.15, -0.1) is 24.5 Å². The molecule has 0 atom stereocenters. The second-order valence-corrected chi connectivity index (χ2v) is 8.33. The fourth-order valence-electron chi connectivity index (χ4n) is 2.79. The molecule has 2 aromatic heterocycles. The maximum atomic E-state index is 12.3. The first kappa shape index (κ1) is 22.6. The molecule has 0 unspecified atom stereocenters. The number of rotatable bonds is 8. The summed E-state index contributed by atoms with van der Waals surface area (Å²) in [7, 11) is 0. The monoisotopic (exact) mass is 476 g/mol. The number of nitrogens with zero attached hydrogens (tertiary/aromatic N) is 4. The summed E-state index contributed by atoms with van der Waals surface area (Å²) in [6.07, 6.45) is -0.333. The number of anilines is 1. The van der Waals surface area contributed by atoms with Gasteiger partial charge in [0.1, 0.15) is 17.1 Å². The normalized spacial score (nSPS) is 11.5. The number of hydrogen-bond acceptors (Lipinski definition) is 6. The summed E-state index contributed by atoms with van der Waals surface area (Å²) < 4.78 is 41.3. The average molecular weight is 477 g/mol. The molecule has 0 N–H and O–H groups in total. The standard InChI is InChI=1S/C19H17Cl2F3N4OS/c1-2-15-16(20)17(27-11-26-15)28(10-14-9-25-18(21)30-14)8-7-12-3-5-13(6-4-12)29-19(22,23)24/h3-6,9,11H,2,7-8,10H2,1H3. The van der Waals surface area contributed by atoms with Gasteiger partial charge in [0.05, 0.1) is 12.2 Å². The number of alkyl halides is 3. The maximum absolute atomic E-state index is 12.3. The lowest BCUT2D eigenvalue weighted by Gasteiger charge is -2.24. The van der Waals surface area contributed by atoms with Gasteiger partial charge in [-0.2, -0.15) is 0 Å². The summed E-state index contributed by atoms with van der Waals surface area (Å²) >= 11 is 13.8. The highest BCUT2D eigenvalue weighted by Crippen LogP contribution is 2.29. The molecule has 0 radical (unpaired) electrons. The van der Waals surface area contributed by atoms with Crippen LogP contribution < -0.4 is 9.64 Å². The van der Waals surface area contributed by atoms with Crippen LogP contribution in [0.25, 0.3) is 0 Å². The van der Waals surface area contributed by atoms with E-state index in [4.69, 9.17) is 23.2 Å². The predicted octanol–water partition coefficient (Wildman–Crippen LogP) is 5.95. The van der Waals surface area contributed by atoms with E-state index in [2.05, 4.69) is 19.7 Å². The molecule has 5 nitrogen and oxygen atoms in total. The average Bonchev–Trinajstić information content (AvgIpc) is 3.10. The lowest BCUT2D eigenvalue weighted by Crippen LogP contribution is -2.26. The van der Waals surface area contributed by atoms with Crippen molar-refractivity contribution in [1.29, 1.82) is 0 Å². The highest BCUT2D eigenvalue weighted by molar-refractivity contribution is 7.15. The molecule has 0 aliphatic heterocycles. The minimum atomic E-state index is -4.71. The van der Waals surface area contributed by atoms with Crippen LogP contribution in [-0.2, 0) is 19.4 Å². The van der Waals surface area contributed by atoms with Gasteiger partial charge in [0, 0.05) is 17.6 Å². The molecular weight excluding hydrogens is 460 g/mol. The minimum Gasteiger partial charge on any atom is -0.406 e. The molecule has 0 aliphatic rings. The maximum Gasteiger partial charge on any atom is 0.573 e. The van der Waals surface area contributed by atoms with Gasteiger partial charge in [0.2, 0.25) is 0 Å². The summed E-state index contributed by atoms with van der Waals surface area (Å²) in [6, 6.07) is 5.79. The highest BCUT2D eigenvalue weighted by atomic mass is 35.5. The molecule has 3 aromatic rings. The molecule has 3 rings (SSSR count). The van der Waals surface area contributed by atoms with Crippen LogP contribution in [0, 0.1) is 0 Å². The Labute approximate surface area is 185 Å². The zero-order valence-corrected chi connectivity index (χ0v) is 18.1. The minimum absolute atomic E-state index is 0.256. The molecule has 0 spiro atoms. The molecule has 0 amide bonds. The molecule has 1 aromatic carbocycles. The third-order valence-electron chi connectivity index (χ3n) is 4.18. The van der Waals surface area contributed by atoms with Gasteiger partial charge in [-0.3, -0.25) is 0 Å². The second-order valence-electron chi connectivity index (χ2n) is 6.25. The first-order chi connectivity index (χ1) is 14.2. The van der Waals surface area contributed by atoms with E-state index in [1.54, 1.807) is 18.3 Å². The molecule has 160 valence electrons. The number of benzene rings is 1. The Bertz CT molecular complexity index is 983. The number of ether oxygens (including phenoxy) is 1. The largest absolute Gasteiger partial charge is 0.573 e. The summed E-state index contributed by atoms with van der Waals surface area (Å²) in [5, 5.41) is 0.476. The number of aromatic nitrogens is 3. The lowest BCUT2D eigenvalue weighted by molar-refractivity contribution is -0.274. The van der Waals surface area contributed by atoms with Crippen LogP contribution in [-0.4, -0.2) is 27.9 Å². The fraction of sp³-hybridized carbons (Fsp3) is 0.316. The Balaban J connectivity index is 1.77. The van der Waals surface area contributed by atoms with Crippen molar-refractivity contribution in [3.05, 3.63) is 62.4 Å². The molecule has 0 bridgehead atoms. The van der Waals surface area contributed by atoms with E-state index in [0.29, 0.717) is 41.2 Å². The molecular formula is C19H17Cl2F3N4OS. The molecule has 2 heterocycles. The summed E-state index contributed by atoms with van der Waals surface area (Å²) in [4.78, 5) is 15.5. The van der Waals surface area contributed by atoms with Gasteiger partial charge in [-0.05, 0) is 30.5 Å². The molecule has 0 saturated carbocycles. The summed E-state index contributed by atoms with van der Waals surface area (Å²) in [6.45, 7) is 2.96. The van der Waals surface area contributed by atoms with E-state index in [0.717, 1.165) is 16.1 Å². The Kier molecular flexibility index (Phi) is 7.38. The molecule has 30 heavy (non-hydrogen) atoms. The van der Waals surface area contributed by atoms with Crippen molar-refractivity contribution in [1.82, 2.24) is 15.0 Å². The SMILES string of the molecule is CCc1ncnc(N(CCc2ccc(OC(F)(F)F)cc2)Cc2cnc(Cl)s2)c1Cl. The van der Waals surface area contributed by atoms with E-state index in [1.165, 1.54) is 29.8 Å². The second kappa shape index (κ2) is 9.80. The summed E-state index contributed by atoms with van der Waals surface area (Å²) in [5.41, 5.74) is 1.58. The third-order valence-corrected chi connectivity index (χ3v) is 5.66. The quantitative estimate of drug-likeness (QED) is 0.401. The van der Waals surface area contributed by atoms with Crippen LogP contribution in [0.1, 0.15) is 23.1 Å². The van der Waals surface area contributed by atoms with E-state index in [-0.39, 0.29) is 5.75 Å². The zero-order valence-electron chi connectivity index (χ0n) is 15.8. The van der Waals surface area contributed by atoms with E-state index >= 15 is 0 Å². The van der Waals surface area contributed by atoms with Gasteiger partial charge in [-0.1, -0.05) is 42.3 Å². The van der Waals surface area contributed by atoms with Crippen LogP contribution in [0.5, 0.6) is 5.75 Å². The Morgan fingerprint density at radius 3 is 2.43 bits per heavy atom. The number of thiazole rings is 1. The predicted molar refractivity (Wildman–Crippen MR) is 111 cm³/mol. The van der Waals surface area contributed by atoms with Crippen molar-refractivity contribution >= 4 is 40.4 Å². The van der Waals surface area contributed by atoms with E-state index in [1.807, 2.05) is 11.8 Å². The Hall–Kier alpha value is -2.10. The first-order valence-corrected chi connectivity index (χ1v) is 10.5. The van der Waals surface area contributed by atoms with Crippen LogP contribution in [0.15, 0.2) is 36.8 Å². The van der Waals surface area contributed by atoms with Crippen molar-refractivity contribution in [2.45, 2.75) is 32.7 Å². The fourth-order valence-corrected chi connectivity index (χ4v) is 4.13. The first-order valence-electron chi connectivity index (χ1n) is 8.94. The van der Waals surface area contributed by atoms with Gasteiger partial charge in [0.25, 0.3) is 0 Å². The van der Waals surface area contributed by atoms with Crippen molar-refractivity contribution in [2.24, 2.45) is 0 Å². The van der Waals surface area contributed by atoms with Crippen molar-refractivity contribution in [3.8, 4) is 5.75 Å². The van der Waals surface area contributed by atoms with Crippen molar-refractivity contribution in [2.75, 3.05) is 11.4 Å². The highest BCUT2D eigenvalue weighted by Gasteiger charge is 2.31. The smallest absolute Gasteiger partial charge is 0.406 e. The Morgan fingerprint density at radius 2 is 1.83 bits per heavy atom. The zero-order chi connectivity index (χ0) is 21.7. The molecule has 11 heteroatoms. The van der Waals surface area contributed by atoms with Crippen molar-refractivity contribution in [3.63, 3.8) is 0 Å². The van der Waals surface area contributed by atoms with Gasteiger partial charge in [-0.25, -0.2) is 15.0 Å². The van der Waals surface area contributed by atoms with Gasteiger partial charge in [0.15, 0.2) is 10.3 Å². The van der Waals surface area contributed by atoms with Crippen LogP contribution in [0.4, 0.5) is 19.0 Å². The topological polar surface area (TPSA) is 51.1 Å². The molecule has 0 saturated heterocycles. The summed E-state index contributed by atoms with van der Waals surface area (Å²) in [5.74, 6) is 0.332. The van der Waals surface area contributed by atoms with Crippen LogP contribution >= 0.6 is 34.5 Å². The number of aryl methyl sites for hydroxylation is 1. The van der Waals surface area contributed by atoms with Gasteiger partial charge < -0.3 is 9.64 Å². The molecule has 0 aliphatic carbocycles. The van der Waals surface area contributed by atoms with Gasteiger partial charge >= 0.3 is 6.36 Å². The van der Waals surface area contributed by atoms with Crippen molar-refractivity contribution < 1.29 is 17.9 Å². The number of hydrogen-bond donors (Lipinski definition) is 0. The van der Waals surface area contributed by atoms with Crippen LogP contribution in [0.2, 0.25) is 9.49 Å². The molecule has 0 fully saturated rings. The van der Waals surface area contributed by atoms with Crippen LogP contribution in [0.3, 0.4) is 0 Å². The Morgan fingerprint density at radius 1 is 1.10 bits per heavy atom. The van der Waals surface area contributed by atoms with E-state index < -0.39 is 6.36 Å². The third kappa shape index (κ3) is 6.20. The lowest BCUT2D eigenvalue weighted by atomic mass is 10.1. The number of halogens is 5.